The molecule has 0 saturated carbocycles. The van der Waals surface area contributed by atoms with Gasteiger partial charge in [0.05, 0.1) is 30.1 Å². The van der Waals surface area contributed by atoms with Gasteiger partial charge in [0.25, 0.3) is 0 Å². The van der Waals surface area contributed by atoms with E-state index in [1.807, 2.05) is 33.8 Å². The predicted molar refractivity (Wildman–Crippen MR) is 153 cm³/mol. The molecule has 4 N–H and O–H groups in total. The topological polar surface area (TPSA) is 94.0 Å². The number of hydrogen-bond acceptors (Lipinski definition) is 6. The van der Waals surface area contributed by atoms with Gasteiger partial charge in [-0.05, 0) is 80.6 Å². The average Bonchev–Trinajstić information content (AvgIpc) is 2.83. The number of rotatable bonds is 5. The van der Waals surface area contributed by atoms with Crippen LogP contribution in [0.1, 0.15) is 63.8 Å². The molecule has 2 aliphatic heterocycles. The van der Waals surface area contributed by atoms with Gasteiger partial charge in [-0.2, -0.15) is 26.3 Å². The number of carbonyl (C=O) groups is 1. The summed E-state index contributed by atoms with van der Waals surface area (Å²) < 4.78 is 86.7. The first-order valence-electron chi connectivity index (χ1n) is 14.0. The number of anilines is 2. The molecule has 2 aliphatic rings. The molecule has 4 rings (SSSR count). The maximum Gasteiger partial charge on any atom is 0.471 e. The summed E-state index contributed by atoms with van der Waals surface area (Å²) in [6.07, 6.45) is -8.55. The number of hydrogen-bond donors (Lipinski definition) is 2. The minimum atomic E-state index is -4.88. The average molecular weight is 619 g/mol. The Hall–Kier alpha value is -3.35. The van der Waals surface area contributed by atoms with Gasteiger partial charge >= 0.3 is 18.3 Å². The van der Waals surface area contributed by atoms with Crippen molar-refractivity contribution in [2.24, 2.45) is 0 Å². The van der Waals surface area contributed by atoms with Crippen LogP contribution >= 0.6 is 0 Å². The molecular weight excluding hydrogens is 578 g/mol. The fraction of sp³-hybridized carbons (Fsp3) is 0.567. The molecule has 1 amide bonds. The number of fused-ring (bicyclic) bond motifs is 2. The Morgan fingerprint density at radius 3 is 1.91 bits per heavy atom. The standard InChI is InChI=1S/C16H21F3N2O2.C14H19F3N2O/c1-9(2)23-13-6-11-10(5-12(13)20)7-21(8-15(11,3)4)14(22)16(17,18)19;1-9(2)20-13-6-11-7-19(8-14(15,16)17)4-3-10(11)5-12(13)18/h5-6,9H,7-8,20H2,1-4H3;5-6,9H,3-4,7-8,18H2,1-2H3. The van der Waals surface area contributed by atoms with Crippen molar-refractivity contribution in [3.05, 3.63) is 46.5 Å². The van der Waals surface area contributed by atoms with Gasteiger partial charge in [-0.3, -0.25) is 9.69 Å². The molecular formula is C30H40F6N4O3. The van der Waals surface area contributed by atoms with E-state index >= 15 is 0 Å². The van der Waals surface area contributed by atoms with Crippen LogP contribution in [0.15, 0.2) is 24.3 Å². The summed E-state index contributed by atoms with van der Waals surface area (Å²) in [6, 6.07) is 6.97. The highest BCUT2D eigenvalue weighted by atomic mass is 19.4. The Balaban J connectivity index is 0.000000238. The molecule has 0 spiro atoms. The largest absolute Gasteiger partial charge is 0.489 e. The number of nitrogens with zero attached hydrogens (tertiary/aromatic N) is 2. The van der Waals surface area contributed by atoms with Crippen LogP contribution in [0.4, 0.5) is 37.7 Å². The molecule has 0 aliphatic carbocycles. The Labute approximate surface area is 248 Å². The summed E-state index contributed by atoms with van der Waals surface area (Å²) in [6.45, 7) is 10.8. The van der Waals surface area contributed by atoms with Crippen molar-refractivity contribution < 1.29 is 40.6 Å². The fourth-order valence-corrected chi connectivity index (χ4v) is 5.32. The summed E-state index contributed by atoms with van der Waals surface area (Å²) in [5.74, 6) is -0.757. The molecule has 43 heavy (non-hydrogen) atoms. The SMILES string of the molecule is CC(C)Oc1cc2c(cc1N)CCN(CC(F)(F)F)C2.CC(C)Oc1cc2c(cc1N)CN(C(=O)C(F)(F)F)CC2(C)C. The van der Waals surface area contributed by atoms with E-state index in [0.29, 0.717) is 41.4 Å². The Morgan fingerprint density at radius 1 is 0.860 bits per heavy atom. The summed E-state index contributed by atoms with van der Waals surface area (Å²) in [7, 11) is 0. The lowest BCUT2D eigenvalue weighted by Crippen LogP contribution is -2.49. The lowest BCUT2D eigenvalue weighted by atomic mass is 9.78. The van der Waals surface area contributed by atoms with Crippen LogP contribution in [0.25, 0.3) is 0 Å². The first-order valence-corrected chi connectivity index (χ1v) is 14.0. The Kier molecular flexibility index (Phi) is 10.1. The second-order valence-corrected chi connectivity index (χ2v) is 12.2. The minimum Gasteiger partial charge on any atom is -0.489 e. The highest BCUT2D eigenvalue weighted by Gasteiger charge is 2.46. The maximum atomic E-state index is 12.7. The third-order valence-electron chi connectivity index (χ3n) is 6.99. The molecule has 0 radical (unpaired) electrons. The number of ether oxygens (including phenoxy) is 2. The zero-order chi connectivity index (χ0) is 32.5. The van der Waals surface area contributed by atoms with E-state index in [-0.39, 0.29) is 31.8 Å². The van der Waals surface area contributed by atoms with E-state index in [4.69, 9.17) is 20.9 Å². The Bertz CT molecular complexity index is 1310. The van der Waals surface area contributed by atoms with Crippen molar-refractivity contribution in [2.45, 2.75) is 91.0 Å². The van der Waals surface area contributed by atoms with Gasteiger partial charge < -0.3 is 25.8 Å². The van der Waals surface area contributed by atoms with Crippen LogP contribution in [0.3, 0.4) is 0 Å². The normalized spacial score (nSPS) is 16.7. The molecule has 0 aromatic heterocycles. The van der Waals surface area contributed by atoms with E-state index in [9.17, 15) is 31.1 Å². The molecule has 240 valence electrons. The fourth-order valence-electron chi connectivity index (χ4n) is 5.32. The molecule has 2 aromatic carbocycles. The van der Waals surface area contributed by atoms with Crippen LogP contribution in [0, 0.1) is 0 Å². The third-order valence-corrected chi connectivity index (χ3v) is 6.99. The second-order valence-electron chi connectivity index (χ2n) is 12.2. The van der Waals surface area contributed by atoms with Crippen LogP contribution < -0.4 is 20.9 Å². The third kappa shape index (κ3) is 9.07. The van der Waals surface area contributed by atoms with E-state index in [1.54, 1.807) is 32.0 Å². The van der Waals surface area contributed by atoms with Crippen molar-refractivity contribution >= 4 is 17.3 Å². The highest BCUT2D eigenvalue weighted by molar-refractivity contribution is 5.82. The van der Waals surface area contributed by atoms with Crippen molar-refractivity contribution in [3.8, 4) is 11.5 Å². The number of amides is 1. The van der Waals surface area contributed by atoms with Gasteiger partial charge in [0.1, 0.15) is 11.5 Å². The first kappa shape index (κ1) is 34.1. The smallest absolute Gasteiger partial charge is 0.471 e. The monoisotopic (exact) mass is 618 g/mol. The van der Waals surface area contributed by atoms with E-state index in [1.165, 1.54) is 4.90 Å². The van der Waals surface area contributed by atoms with Gasteiger partial charge in [0.15, 0.2) is 0 Å². The van der Waals surface area contributed by atoms with Gasteiger partial charge in [-0.1, -0.05) is 13.8 Å². The van der Waals surface area contributed by atoms with Crippen molar-refractivity contribution in [2.75, 3.05) is 31.1 Å². The van der Waals surface area contributed by atoms with E-state index in [2.05, 4.69) is 0 Å². The quantitative estimate of drug-likeness (QED) is 0.306. The zero-order valence-corrected chi connectivity index (χ0v) is 25.2. The summed E-state index contributed by atoms with van der Waals surface area (Å²) in [4.78, 5) is 13.8. The number of halogens is 6. The van der Waals surface area contributed by atoms with Crippen molar-refractivity contribution in [1.82, 2.24) is 9.80 Å². The van der Waals surface area contributed by atoms with E-state index in [0.717, 1.165) is 21.6 Å². The molecule has 0 unspecified atom stereocenters. The zero-order valence-electron chi connectivity index (χ0n) is 25.2. The number of nitrogen functional groups attached to an aromatic ring is 2. The lowest BCUT2D eigenvalue weighted by molar-refractivity contribution is -0.187. The number of alkyl halides is 6. The molecule has 2 aromatic rings. The van der Waals surface area contributed by atoms with Gasteiger partial charge in [0.2, 0.25) is 0 Å². The van der Waals surface area contributed by atoms with Crippen LogP contribution in [0.2, 0.25) is 0 Å². The maximum absolute atomic E-state index is 12.7. The molecule has 0 fully saturated rings. The number of benzene rings is 2. The molecule has 13 heteroatoms. The predicted octanol–water partition coefficient (Wildman–Crippen LogP) is 6.21. The van der Waals surface area contributed by atoms with Crippen molar-refractivity contribution in [1.29, 1.82) is 0 Å². The molecule has 0 atom stereocenters. The Morgan fingerprint density at radius 2 is 1.40 bits per heavy atom. The second kappa shape index (κ2) is 12.7. The summed E-state index contributed by atoms with van der Waals surface area (Å²) in [5, 5.41) is 0. The van der Waals surface area contributed by atoms with Gasteiger partial charge in [0, 0.05) is 31.6 Å². The summed E-state index contributed by atoms with van der Waals surface area (Å²) >= 11 is 0. The molecule has 2 heterocycles. The summed E-state index contributed by atoms with van der Waals surface area (Å²) in [5.41, 5.74) is 15.5. The van der Waals surface area contributed by atoms with Crippen LogP contribution in [0.5, 0.6) is 11.5 Å². The van der Waals surface area contributed by atoms with E-state index < -0.39 is 30.2 Å². The first-order chi connectivity index (χ1) is 19.7. The van der Waals surface area contributed by atoms with Gasteiger partial charge in [-0.25, -0.2) is 0 Å². The number of nitrogens with two attached hydrogens (primary N) is 2. The molecule has 0 bridgehead atoms. The van der Waals surface area contributed by atoms with Crippen molar-refractivity contribution in [3.63, 3.8) is 0 Å². The molecule has 0 saturated heterocycles. The van der Waals surface area contributed by atoms with Crippen LogP contribution in [-0.4, -0.2) is 59.9 Å². The van der Waals surface area contributed by atoms with Crippen LogP contribution in [-0.2, 0) is 29.7 Å². The molecule has 7 nitrogen and oxygen atoms in total. The lowest BCUT2D eigenvalue weighted by Gasteiger charge is -2.40. The minimum absolute atomic E-state index is 0.0105. The number of carbonyl (C=O) groups excluding carboxylic acids is 1. The van der Waals surface area contributed by atoms with Gasteiger partial charge in [-0.15, -0.1) is 0 Å². The highest BCUT2D eigenvalue weighted by Crippen LogP contribution is 2.40.